The molecule has 0 aromatic carbocycles. The van der Waals surface area contributed by atoms with Gasteiger partial charge in [-0.3, -0.25) is 4.79 Å². The summed E-state index contributed by atoms with van der Waals surface area (Å²) in [6.07, 6.45) is 0.880. The zero-order chi connectivity index (χ0) is 14.9. The Hall–Kier alpha value is -1.56. The van der Waals surface area contributed by atoms with Gasteiger partial charge in [0.1, 0.15) is 0 Å². The van der Waals surface area contributed by atoms with Gasteiger partial charge in [0, 0.05) is 25.0 Å². The molecule has 1 aromatic heterocycles. The van der Waals surface area contributed by atoms with Gasteiger partial charge in [0.15, 0.2) is 0 Å². The van der Waals surface area contributed by atoms with Gasteiger partial charge in [0.05, 0.1) is 12.0 Å². The summed E-state index contributed by atoms with van der Waals surface area (Å²) in [5, 5.41) is 11.0. The lowest BCUT2D eigenvalue weighted by Gasteiger charge is -2.36. The number of amides is 2. The van der Waals surface area contributed by atoms with Crippen LogP contribution in [0.25, 0.3) is 0 Å². The van der Waals surface area contributed by atoms with E-state index >= 15 is 0 Å². The van der Waals surface area contributed by atoms with Crippen molar-refractivity contribution in [2.24, 2.45) is 5.92 Å². The van der Waals surface area contributed by atoms with Crippen molar-refractivity contribution >= 4 is 23.3 Å². The van der Waals surface area contributed by atoms with Gasteiger partial charge in [-0.2, -0.15) is 0 Å². The monoisotopic (exact) mass is 296 g/mol. The maximum Gasteiger partial charge on any atom is 0.320 e. The van der Waals surface area contributed by atoms with Crippen molar-refractivity contribution in [3.63, 3.8) is 0 Å². The average molecular weight is 296 g/mol. The first-order chi connectivity index (χ1) is 9.41. The molecule has 0 aliphatic carbocycles. The summed E-state index contributed by atoms with van der Waals surface area (Å²) in [7, 11) is 1.66. The predicted octanol–water partition coefficient (Wildman–Crippen LogP) is 2.44. The molecule has 0 saturated heterocycles. The average Bonchev–Trinajstić information content (AvgIpc) is 2.87. The molecule has 110 valence electrons. The molecule has 0 spiro atoms. The first-order valence-electron chi connectivity index (χ1n) is 6.72. The van der Waals surface area contributed by atoms with Gasteiger partial charge in [0.2, 0.25) is 0 Å². The van der Waals surface area contributed by atoms with E-state index < -0.39 is 11.9 Å². The van der Waals surface area contributed by atoms with E-state index in [4.69, 9.17) is 5.11 Å². The Morgan fingerprint density at radius 3 is 2.95 bits per heavy atom. The highest BCUT2D eigenvalue weighted by atomic mass is 32.1. The van der Waals surface area contributed by atoms with Crippen LogP contribution in [-0.2, 0) is 11.2 Å². The van der Waals surface area contributed by atoms with Crippen molar-refractivity contribution in [1.29, 1.82) is 0 Å². The van der Waals surface area contributed by atoms with E-state index in [1.165, 1.54) is 15.3 Å². The molecular formula is C14H20N2O3S. The zero-order valence-electron chi connectivity index (χ0n) is 12.0. The molecule has 1 aliphatic rings. The number of aliphatic carboxylic acids is 1. The molecule has 1 aromatic rings. The molecule has 2 unspecified atom stereocenters. The summed E-state index contributed by atoms with van der Waals surface area (Å²) >= 11 is 1.74. The Balaban J connectivity index is 2.05. The van der Waals surface area contributed by atoms with Crippen LogP contribution in [0.4, 0.5) is 4.79 Å². The number of carbonyl (C=O) groups is 2. The standard InChI is InChI=1S/C14H20N2O3S/c1-9(13(17)18)8-15(3)14(19)16-6-4-12-11(10(16)2)5-7-20-12/h5,7,9-10H,4,6,8H2,1-3H3,(H,17,18). The van der Waals surface area contributed by atoms with Gasteiger partial charge < -0.3 is 14.9 Å². The van der Waals surface area contributed by atoms with Crippen molar-refractivity contribution in [3.8, 4) is 0 Å². The summed E-state index contributed by atoms with van der Waals surface area (Å²) in [5.41, 5.74) is 1.22. The van der Waals surface area contributed by atoms with Crippen LogP contribution in [-0.4, -0.2) is 47.0 Å². The van der Waals surface area contributed by atoms with Crippen molar-refractivity contribution in [3.05, 3.63) is 21.9 Å². The first kappa shape index (κ1) is 14.8. The fourth-order valence-corrected chi connectivity index (χ4v) is 3.52. The largest absolute Gasteiger partial charge is 0.481 e. The Bertz CT molecular complexity index is 514. The van der Waals surface area contributed by atoms with E-state index in [0.29, 0.717) is 6.54 Å². The highest BCUT2D eigenvalue weighted by Gasteiger charge is 2.30. The van der Waals surface area contributed by atoms with Crippen LogP contribution in [0.2, 0.25) is 0 Å². The van der Waals surface area contributed by atoms with E-state index in [2.05, 4.69) is 11.4 Å². The molecule has 2 rings (SSSR count). The van der Waals surface area contributed by atoms with Gasteiger partial charge >= 0.3 is 12.0 Å². The van der Waals surface area contributed by atoms with Crippen LogP contribution in [0.3, 0.4) is 0 Å². The van der Waals surface area contributed by atoms with Gasteiger partial charge in [-0.25, -0.2) is 4.79 Å². The molecule has 5 nitrogen and oxygen atoms in total. The van der Waals surface area contributed by atoms with E-state index in [0.717, 1.165) is 6.42 Å². The third-order valence-corrected chi connectivity index (χ3v) is 4.82. The second-order valence-electron chi connectivity index (χ2n) is 5.32. The molecule has 0 bridgehead atoms. The fourth-order valence-electron chi connectivity index (χ4n) is 2.56. The molecule has 2 atom stereocenters. The molecule has 0 fully saturated rings. The fraction of sp³-hybridized carbons (Fsp3) is 0.571. The maximum atomic E-state index is 12.5. The van der Waals surface area contributed by atoms with E-state index in [-0.39, 0.29) is 18.6 Å². The molecule has 0 saturated carbocycles. The molecule has 0 radical (unpaired) electrons. The van der Waals surface area contributed by atoms with Gasteiger partial charge in [-0.1, -0.05) is 6.92 Å². The van der Waals surface area contributed by atoms with E-state index in [1.807, 2.05) is 11.8 Å². The number of carboxylic acids is 1. The highest BCUT2D eigenvalue weighted by molar-refractivity contribution is 7.10. The molecule has 20 heavy (non-hydrogen) atoms. The number of nitrogens with zero attached hydrogens (tertiary/aromatic N) is 2. The van der Waals surface area contributed by atoms with Gasteiger partial charge in [-0.05, 0) is 30.4 Å². The molecule has 6 heteroatoms. The number of fused-ring (bicyclic) bond motifs is 1. The highest BCUT2D eigenvalue weighted by Crippen LogP contribution is 2.33. The number of thiophene rings is 1. The number of hydrogen-bond donors (Lipinski definition) is 1. The molecule has 2 heterocycles. The van der Waals surface area contributed by atoms with Gasteiger partial charge in [0.25, 0.3) is 0 Å². The Labute approximate surface area is 122 Å². The molecule has 2 amide bonds. The topological polar surface area (TPSA) is 60.9 Å². The zero-order valence-corrected chi connectivity index (χ0v) is 12.8. The lowest BCUT2D eigenvalue weighted by Crippen LogP contribution is -2.46. The summed E-state index contributed by atoms with van der Waals surface area (Å²) in [6, 6.07) is 2.03. The Morgan fingerprint density at radius 1 is 1.60 bits per heavy atom. The Morgan fingerprint density at radius 2 is 2.30 bits per heavy atom. The molecule has 1 N–H and O–H groups in total. The number of rotatable bonds is 3. The van der Waals surface area contributed by atoms with Crippen molar-refractivity contribution in [2.45, 2.75) is 26.3 Å². The molecular weight excluding hydrogens is 276 g/mol. The van der Waals surface area contributed by atoms with E-state index in [9.17, 15) is 9.59 Å². The minimum absolute atomic E-state index is 0.0556. The number of urea groups is 1. The predicted molar refractivity (Wildman–Crippen MR) is 78.0 cm³/mol. The quantitative estimate of drug-likeness (QED) is 0.932. The second-order valence-corrected chi connectivity index (χ2v) is 6.32. The van der Waals surface area contributed by atoms with Crippen molar-refractivity contribution < 1.29 is 14.7 Å². The minimum atomic E-state index is -0.878. The summed E-state index contributed by atoms with van der Waals surface area (Å²) < 4.78 is 0. The lowest BCUT2D eigenvalue weighted by molar-refractivity contribution is -0.141. The lowest BCUT2D eigenvalue weighted by atomic mass is 10.0. The smallest absolute Gasteiger partial charge is 0.320 e. The first-order valence-corrected chi connectivity index (χ1v) is 7.60. The minimum Gasteiger partial charge on any atom is -0.481 e. The summed E-state index contributed by atoms with van der Waals surface area (Å²) in [4.78, 5) is 28.0. The number of carboxylic acid groups (broad SMARTS) is 1. The van der Waals surface area contributed by atoms with E-state index in [1.54, 1.807) is 25.3 Å². The third kappa shape index (κ3) is 2.80. The third-order valence-electron chi connectivity index (χ3n) is 3.82. The van der Waals surface area contributed by atoms with Crippen molar-refractivity contribution in [1.82, 2.24) is 9.80 Å². The van der Waals surface area contributed by atoms with Crippen LogP contribution < -0.4 is 0 Å². The van der Waals surface area contributed by atoms with Crippen LogP contribution in [0.15, 0.2) is 11.4 Å². The summed E-state index contributed by atoms with van der Waals surface area (Å²) in [6.45, 7) is 4.56. The van der Waals surface area contributed by atoms with Crippen LogP contribution in [0.5, 0.6) is 0 Å². The summed E-state index contributed by atoms with van der Waals surface area (Å²) in [5.74, 6) is -1.43. The Kier molecular flexibility index (Phi) is 4.32. The number of hydrogen-bond acceptors (Lipinski definition) is 3. The van der Waals surface area contributed by atoms with Crippen LogP contribution in [0, 0.1) is 5.92 Å². The van der Waals surface area contributed by atoms with Crippen LogP contribution >= 0.6 is 11.3 Å². The van der Waals surface area contributed by atoms with Crippen LogP contribution in [0.1, 0.15) is 30.3 Å². The molecule has 1 aliphatic heterocycles. The normalized spacial score (nSPS) is 19.4. The SMILES string of the molecule is CC(CN(C)C(=O)N1CCc2sccc2C1C)C(=O)O. The van der Waals surface area contributed by atoms with Gasteiger partial charge in [-0.15, -0.1) is 11.3 Å². The maximum absolute atomic E-state index is 12.5. The van der Waals surface area contributed by atoms with Crippen molar-refractivity contribution in [2.75, 3.05) is 20.1 Å². The second kappa shape index (κ2) is 5.83. The number of carbonyl (C=O) groups excluding carboxylic acids is 1.